The fraction of sp³-hybridized carbons (Fsp3) is 0.857. The minimum absolute atomic E-state index is 0.0616. The van der Waals surface area contributed by atoms with E-state index in [2.05, 4.69) is 17.1 Å². The van der Waals surface area contributed by atoms with E-state index >= 15 is 0 Å². The van der Waals surface area contributed by atoms with Gasteiger partial charge in [0.1, 0.15) is 0 Å². The Labute approximate surface area is 125 Å². The smallest absolute Gasteiger partial charge is 0.328 e. The molecule has 2 saturated heterocycles. The normalized spacial score (nSPS) is 24.8. The Morgan fingerprint density at radius 3 is 2.71 bits per heavy atom. The Hall–Kier alpha value is -1.34. The third-order valence-corrected chi connectivity index (χ3v) is 4.04. The molecule has 21 heavy (non-hydrogen) atoms. The standard InChI is InChI=1S/C14H25N3O4/c1-11(9-16-4-2-3-5-16)8-15-14(20)17-6-7-21-10-12(17)13(18)19/h11-12H,2-10H2,1H3,(H,15,20)(H,18,19). The lowest BCUT2D eigenvalue weighted by molar-refractivity contribution is -0.147. The van der Waals surface area contributed by atoms with Crippen LogP contribution in [0.25, 0.3) is 0 Å². The van der Waals surface area contributed by atoms with Crippen LogP contribution in [0.5, 0.6) is 0 Å². The molecule has 0 saturated carbocycles. The molecule has 0 bridgehead atoms. The number of carbonyl (C=O) groups excluding carboxylic acids is 1. The van der Waals surface area contributed by atoms with E-state index in [9.17, 15) is 9.59 Å². The highest BCUT2D eigenvalue weighted by molar-refractivity contribution is 5.83. The molecule has 0 aliphatic carbocycles. The van der Waals surface area contributed by atoms with Gasteiger partial charge in [0, 0.05) is 19.6 Å². The minimum Gasteiger partial charge on any atom is -0.480 e. The van der Waals surface area contributed by atoms with Crippen LogP contribution in [-0.2, 0) is 9.53 Å². The van der Waals surface area contributed by atoms with Gasteiger partial charge in [-0.05, 0) is 31.8 Å². The first kappa shape index (κ1) is 16.0. The van der Waals surface area contributed by atoms with Crippen molar-refractivity contribution in [3.8, 4) is 0 Å². The van der Waals surface area contributed by atoms with Crippen molar-refractivity contribution < 1.29 is 19.4 Å². The van der Waals surface area contributed by atoms with Crippen molar-refractivity contribution >= 4 is 12.0 Å². The lowest BCUT2D eigenvalue weighted by atomic mass is 10.1. The molecule has 0 spiro atoms. The van der Waals surface area contributed by atoms with Crippen LogP contribution in [0.3, 0.4) is 0 Å². The molecule has 0 aromatic heterocycles. The third kappa shape index (κ3) is 4.57. The predicted octanol–water partition coefficient (Wildman–Crippen LogP) is 0.213. The van der Waals surface area contributed by atoms with Crippen molar-refractivity contribution in [2.75, 3.05) is 45.9 Å². The van der Waals surface area contributed by atoms with Crippen molar-refractivity contribution in [1.82, 2.24) is 15.1 Å². The summed E-state index contributed by atoms with van der Waals surface area (Å²) in [4.78, 5) is 27.0. The van der Waals surface area contributed by atoms with Crippen LogP contribution < -0.4 is 5.32 Å². The Morgan fingerprint density at radius 1 is 1.33 bits per heavy atom. The maximum atomic E-state index is 12.1. The topological polar surface area (TPSA) is 82.1 Å². The summed E-state index contributed by atoms with van der Waals surface area (Å²) in [6.07, 6.45) is 2.51. The number of ether oxygens (including phenoxy) is 1. The summed E-state index contributed by atoms with van der Waals surface area (Å²) < 4.78 is 5.13. The van der Waals surface area contributed by atoms with Crippen molar-refractivity contribution in [1.29, 1.82) is 0 Å². The van der Waals surface area contributed by atoms with Gasteiger partial charge in [0.15, 0.2) is 6.04 Å². The third-order valence-electron chi connectivity index (χ3n) is 4.04. The average molecular weight is 299 g/mol. The second-order valence-electron chi connectivity index (χ2n) is 5.92. The molecule has 7 nitrogen and oxygen atoms in total. The first-order valence-corrected chi connectivity index (χ1v) is 7.65. The van der Waals surface area contributed by atoms with E-state index < -0.39 is 12.0 Å². The zero-order valence-electron chi connectivity index (χ0n) is 12.6. The molecule has 2 aliphatic heterocycles. The van der Waals surface area contributed by atoms with E-state index in [-0.39, 0.29) is 12.6 Å². The van der Waals surface area contributed by atoms with Crippen LogP contribution in [0.4, 0.5) is 4.79 Å². The molecule has 2 amide bonds. The van der Waals surface area contributed by atoms with Crippen molar-refractivity contribution in [3.05, 3.63) is 0 Å². The van der Waals surface area contributed by atoms with Gasteiger partial charge in [-0.25, -0.2) is 9.59 Å². The fourth-order valence-corrected chi connectivity index (χ4v) is 2.88. The van der Waals surface area contributed by atoms with Gasteiger partial charge < -0.3 is 25.0 Å². The number of likely N-dealkylation sites (tertiary alicyclic amines) is 1. The van der Waals surface area contributed by atoms with Crippen LogP contribution in [0.1, 0.15) is 19.8 Å². The SMILES string of the molecule is CC(CNC(=O)N1CCOCC1C(=O)O)CN1CCCC1. The predicted molar refractivity (Wildman–Crippen MR) is 77.2 cm³/mol. The van der Waals surface area contributed by atoms with Gasteiger partial charge in [0.05, 0.1) is 13.2 Å². The number of carbonyl (C=O) groups is 2. The molecule has 2 fully saturated rings. The zero-order valence-corrected chi connectivity index (χ0v) is 12.6. The number of amides is 2. The number of morpholine rings is 1. The summed E-state index contributed by atoms with van der Waals surface area (Å²) in [5.41, 5.74) is 0. The van der Waals surface area contributed by atoms with E-state index in [0.29, 0.717) is 25.6 Å². The first-order chi connectivity index (χ1) is 10.1. The van der Waals surface area contributed by atoms with Crippen molar-refractivity contribution in [2.24, 2.45) is 5.92 Å². The molecule has 0 aromatic carbocycles. The maximum Gasteiger partial charge on any atom is 0.328 e. The molecule has 2 N–H and O–H groups in total. The molecule has 2 heterocycles. The minimum atomic E-state index is -1.02. The summed E-state index contributed by atoms with van der Waals surface area (Å²) in [6.45, 7) is 6.71. The van der Waals surface area contributed by atoms with Gasteiger partial charge >= 0.3 is 12.0 Å². The quantitative estimate of drug-likeness (QED) is 0.758. The lowest BCUT2D eigenvalue weighted by Crippen LogP contribution is -2.56. The van der Waals surface area contributed by atoms with Crippen molar-refractivity contribution in [3.63, 3.8) is 0 Å². The Kier molecular flexibility index (Phi) is 5.81. The van der Waals surface area contributed by atoms with Gasteiger partial charge in [0.25, 0.3) is 0 Å². The number of rotatable bonds is 5. The van der Waals surface area contributed by atoms with Gasteiger partial charge in [0.2, 0.25) is 0 Å². The van der Waals surface area contributed by atoms with Crippen LogP contribution in [0.2, 0.25) is 0 Å². The molecule has 120 valence electrons. The number of carboxylic acid groups (broad SMARTS) is 1. The number of nitrogens with one attached hydrogen (secondary N) is 1. The average Bonchev–Trinajstić information content (AvgIpc) is 2.97. The molecule has 2 unspecified atom stereocenters. The van der Waals surface area contributed by atoms with Crippen LogP contribution in [-0.4, -0.2) is 78.9 Å². The summed E-state index contributed by atoms with van der Waals surface area (Å²) >= 11 is 0. The van der Waals surface area contributed by atoms with Crippen LogP contribution in [0, 0.1) is 5.92 Å². The van der Waals surface area contributed by atoms with Gasteiger partial charge in [-0.3, -0.25) is 0 Å². The Bertz CT molecular complexity index is 371. The van der Waals surface area contributed by atoms with Crippen molar-refractivity contribution in [2.45, 2.75) is 25.8 Å². The largest absolute Gasteiger partial charge is 0.480 e. The number of aliphatic carboxylic acids is 1. The number of nitrogens with zero attached hydrogens (tertiary/aromatic N) is 2. The van der Waals surface area contributed by atoms with E-state index in [4.69, 9.17) is 9.84 Å². The molecule has 2 atom stereocenters. The first-order valence-electron chi connectivity index (χ1n) is 7.65. The summed E-state index contributed by atoms with van der Waals surface area (Å²) in [5.74, 6) is -0.661. The monoisotopic (exact) mass is 299 g/mol. The van der Waals surface area contributed by atoms with Crippen LogP contribution in [0.15, 0.2) is 0 Å². The van der Waals surface area contributed by atoms with Gasteiger partial charge in [-0.15, -0.1) is 0 Å². The summed E-state index contributed by atoms with van der Waals surface area (Å²) in [7, 11) is 0. The van der Waals surface area contributed by atoms with E-state index in [1.165, 1.54) is 17.7 Å². The molecular weight excluding hydrogens is 274 g/mol. The Morgan fingerprint density at radius 2 is 2.05 bits per heavy atom. The number of carboxylic acids is 1. The Balaban J connectivity index is 1.75. The molecule has 2 rings (SSSR count). The number of hydrogen-bond acceptors (Lipinski definition) is 4. The second-order valence-corrected chi connectivity index (χ2v) is 5.92. The van der Waals surface area contributed by atoms with Gasteiger partial charge in [-0.1, -0.05) is 6.92 Å². The summed E-state index contributed by atoms with van der Waals surface area (Å²) in [5, 5.41) is 12.0. The lowest BCUT2D eigenvalue weighted by Gasteiger charge is -2.33. The zero-order chi connectivity index (χ0) is 15.2. The molecule has 0 aromatic rings. The number of hydrogen-bond donors (Lipinski definition) is 2. The fourth-order valence-electron chi connectivity index (χ4n) is 2.88. The van der Waals surface area contributed by atoms with Crippen LogP contribution >= 0.6 is 0 Å². The molecular formula is C14H25N3O4. The molecule has 2 aliphatic rings. The summed E-state index contributed by atoms with van der Waals surface area (Å²) in [6, 6.07) is -1.19. The van der Waals surface area contributed by atoms with E-state index in [1.807, 2.05) is 0 Å². The highest BCUT2D eigenvalue weighted by Crippen LogP contribution is 2.11. The van der Waals surface area contributed by atoms with E-state index in [1.54, 1.807) is 0 Å². The molecule has 0 radical (unpaired) electrons. The highest BCUT2D eigenvalue weighted by atomic mass is 16.5. The second kappa shape index (κ2) is 7.61. The van der Waals surface area contributed by atoms with Gasteiger partial charge in [-0.2, -0.15) is 0 Å². The highest BCUT2D eigenvalue weighted by Gasteiger charge is 2.32. The van der Waals surface area contributed by atoms with E-state index in [0.717, 1.165) is 19.6 Å². The molecule has 7 heteroatoms. The number of urea groups is 1. The maximum absolute atomic E-state index is 12.1.